The SMILES string of the molecule is CCCCNC(=O)COC(=O)c1ccc(OC)c(S(=O)(=O)N(C)C)c1. The topological polar surface area (TPSA) is 102 Å². The maximum absolute atomic E-state index is 12.3. The molecule has 0 radical (unpaired) electrons. The van der Waals surface area contributed by atoms with Crippen molar-refractivity contribution in [3.63, 3.8) is 0 Å². The van der Waals surface area contributed by atoms with Gasteiger partial charge in [-0.3, -0.25) is 4.79 Å². The molecule has 0 bridgehead atoms. The van der Waals surface area contributed by atoms with Gasteiger partial charge in [0.1, 0.15) is 10.6 Å². The molecule has 0 heterocycles. The fourth-order valence-corrected chi connectivity index (χ4v) is 2.95. The summed E-state index contributed by atoms with van der Waals surface area (Å²) in [7, 11) is 0.286. The fourth-order valence-electron chi connectivity index (χ4n) is 1.87. The van der Waals surface area contributed by atoms with Crippen molar-refractivity contribution in [3.8, 4) is 5.75 Å². The van der Waals surface area contributed by atoms with E-state index in [-0.39, 0.29) is 16.2 Å². The van der Waals surface area contributed by atoms with Gasteiger partial charge in [0.25, 0.3) is 5.91 Å². The quantitative estimate of drug-likeness (QED) is 0.513. The number of benzene rings is 1. The molecular formula is C16H24N2O6S. The smallest absolute Gasteiger partial charge is 0.338 e. The number of amides is 1. The van der Waals surface area contributed by atoms with Crippen LogP contribution in [-0.4, -0.2) is 59.0 Å². The van der Waals surface area contributed by atoms with E-state index in [1.807, 2.05) is 6.92 Å². The van der Waals surface area contributed by atoms with E-state index < -0.39 is 28.5 Å². The molecule has 1 aromatic carbocycles. The summed E-state index contributed by atoms with van der Waals surface area (Å²) in [5.74, 6) is -1.08. The monoisotopic (exact) mass is 372 g/mol. The third kappa shape index (κ3) is 5.71. The Hall–Kier alpha value is -2.13. The number of hydrogen-bond acceptors (Lipinski definition) is 6. The van der Waals surface area contributed by atoms with Crippen molar-refractivity contribution >= 4 is 21.9 Å². The van der Waals surface area contributed by atoms with Gasteiger partial charge in [0.15, 0.2) is 6.61 Å². The first kappa shape index (κ1) is 20.9. The summed E-state index contributed by atoms with van der Waals surface area (Å²) in [4.78, 5) is 23.5. The summed E-state index contributed by atoms with van der Waals surface area (Å²) in [5, 5.41) is 2.62. The van der Waals surface area contributed by atoms with Crippen LogP contribution >= 0.6 is 0 Å². The second-order valence-corrected chi connectivity index (χ2v) is 7.55. The molecule has 0 atom stereocenters. The summed E-state index contributed by atoms with van der Waals surface area (Å²) in [5.41, 5.74) is 0.0163. The lowest BCUT2D eigenvalue weighted by Crippen LogP contribution is -2.29. The minimum absolute atomic E-state index is 0.0163. The zero-order valence-corrected chi connectivity index (χ0v) is 15.7. The first-order valence-electron chi connectivity index (χ1n) is 7.78. The standard InChI is InChI=1S/C16H24N2O6S/c1-5-6-9-17-15(19)11-24-16(20)12-7-8-13(23-4)14(10-12)25(21,22)18(2)3/h7-8,10H,5-6,9,11H2,1-4H3,(H,17,19). The van der Waals surface area contributed by atoms with Crippen LogP contribution in [0.4, 0.5) is 0 Å². The lowest BCUT2D eigenvalue weighted by atomic mass is 10.2. The van der Waals surface area contributed by atoms with E-state index in [2.05, 4.69) is 5.32 Å². The molecule has 8 nitrogen and oxygen atoms in total. The second kappa shape index (κ2) is 9.38. The summed E-state index contributed by atoms with van der Waals surface area (Å²) in [6.45, 7) is 2.08. The number of carbonyl (C=O) groups is 2. The molecule has 0 saturated carbocycles. The van der Waals surface area contributed by atoms with Crippen molar-refractivity contribution in [1.29, 1.82) is 0 Å². The lowest BCUT2D eigenvalue weighted by Gasteiger charge is -2.15. The van der Waals surface area contributed by atoms with Gasteiger partial charge in [0.05, 0.1) is 12.7 Å². The van der Waals surface area contributed by atoms with Gasteiger partial charge >= 0.3 is 5.97 Å². The van der Waals surface area contributed by atoms with Crippen LogP contribution in [-0.2, 0) is 19.6 Å². The largest absolute Gasteiger partial charge is 0.495 e. The number of unbranched alkanes of at least 4 members (excludes halogenated alkanes) is 1. The third-order valence-electron chi connectivity index (χ3n) is 3.34. The molecule has 0 saturated heterocycles. The Kier molecular flexibility index (Phi) is 7.85. The Balaban J connectivity index is 2.89. The molecule has 0 unspecified atom stereocenters. The van der Waals surface area contributed by atoms with Gasteiger partial charge < -0.3 is 14.8 Å². The molecule has 0 spiro atoms. The van der Waals surface area contributed by atoms with E-state index >= 15 is 0 Å². The van der Waals surface area contributed by atoms with Crippen LogP contribution in [0.2, 0.25) is 0 Å². The number of hydrogen-bond donors (Lipinski definition) is 1. The highest BCUT2D eigenvalue weighted by Gasteiger charge is 2.24. The van der Waals surface area contributed by atoms with Crippen LogP contribution in [0.15, 0.2) is 23.1 Å². The van der Waals surface area contributed by atoms with E-state index in [0.29, 0.717) is 6.54 Å². The van der Waals surface area contributed by atoms with Crippen molar-refractivity contribution in [2.45, 2.75) is 24.7 Å². The van der Waals surface area contributed by atoms with Gasteiger partial charge in [-0.15, -0.1) is 0 Å². The van der Waals surface area contributed by atoms with Crippen molar-refractivity contribution in [1.82, 2.24) is 9.62 Å². The van der Waals surface area contributed by atoms with E-state index in [1.54, 1.807) is 0 Å². The van der Waals surface area contributed by atoms with E-state index in [4.69, 9.17) is 9.47 Å². The normalized spacial score (nSPS) is 11.2. The molecule has 0 aromatic heterocycles. The molecule has 1 aromatic rings. The van der Waals surface area contributed by atoms with Crippen molar-refractivity contribution in [2.24, 2.45) is 0 Å². The zero-order chi connectivity index (χ0) is 19.0. The maximum atomic E-state index is 12.3. The minimum atomic E-state index is -3.80. The second-order valence-electron chi connectivity index (χ2n) is 5.43. The molecule has 0 fully saturated rings. The average Bonchev–Trinajstić information content (AvgIpc) is 2.59. The number of rotatable bonds is 9. The Morgan fingerprint density at radius 1 is 1.24 bits per heavy atom. The zero-order valence-electron chi connectivity index (χ0n) is 14.9. The number of esters is 1. The lowest BCUT2D eigenvalue weighted by molar-refractivity contribution is -0.124. The molecule has 1 N–H and O–H groups in total. The van der Waals surface area contributed by atoms with E-state index in [0.717, 1.165) is 17.1 Å². The molecule has 25 heavy (non-hydrogen) atoms. The van der Waals surface area contributed by atoms with Gasteiger partial charge in [-0.1, -0.05) is 13.3 Å². The Labute approximate surface area is 148 Å². The number of carbonyl (C=O) groups excluding carboxylic acids is 2. The van der Waals surface area contributed by atoms with Crippen LogP contribution in [0.3, 0.4) is 0 Å². The van der Waals surface area contributed by atoms with E-state index in [1.165, 1.54) is 39.4 Å². The minimum Gasteiger partial charge on any atom is -0.495 e. The van der Waals surface area contributed by atoms with Crippen molar-refractivity contribution in [2.75, 3.05) is 34.4 Å². The molecule has 0 aliphatic rings. The summed E-state index contributed by atoms with van der Waals surface area (Å²) < 4.78 is 35.6. The van der Waals surface area contributed by atoms with Crippen LogP contribution in [0.1, 0.15) is 30.1 Å². The maximum Gasteiger partial charge on any atom is 0.338 e. The third-order valence-corrected chi connectivity index (χ3v) is 5.18. The van der Waals surface area contributed by atoms with Crippen LogP contribution < -0.4 is 10.1 Å². The number of ether oxygens (including phenoxy) is 2. The molecule has 0 aliphatic carbocycles. The first-order valence-corrected chi connectivity index (χ1v) is 9.22. The molecule has 9 heteroatoms. The molecule has 140 valence electrons. The van der Waals surface area contributed by atoms with Crippen molar-refractivity contribution < 1.29 is 27.5 Å². The highest BCUT2D eigenvalue weighted by molar-refractivity contribution is 7.89. The fraction of sp³-hybridized carbons (Fsp3) is 0.500. The predicted molar refractivity (Wildman–Crippen MR) is 92.1 cm³/mol. The molecular weight excluding hydrogens is 348 g/mol. The molecule has 0 aliphatic heterocycles. The number of nitrogens with zero attached hydrogens (tertiary/aromatic N) is 1. The van der Waals surface area contributed by atoms with Gasteiger partial charge in [-0.2, -0.15) is 0 Å². The van der Waals surface area contributed by atoms with Crippen LogP contribution in [0, 0.1) is 0 Å². The summed E-state index contributed by atoms with van der Waals surface area (Å²) in [6.07, 6.45) is 1.78. The first-order chi connectivity index (χ1) is 11.7. The Bertz CT molecular complexity index is 715. The van der Waals surface area contributed by atoms with Crippen molar-refractivity contribution in [3.05, 3.63) is 23.8 Å². The molecule has 1 amide bonds. The highest BCUT2D eigenvalue weighted by atomic mass is 32.2. The highest BCUT2D eigenvalue weighted by Crippen LogP contribution is 2.27. The van der Waals surface area contributed by atoms with Gasteiger partial charge in [-0.05, 0) is 24.6 Å². The van der Waals surface area contributed by atoms with Crippen LogP contribution in [0.5, 0.6) is 5.75 Å². The van der Waals surface area contributed by atoms with Gasteiger partial charge in [0.2, 0.25) is 10.0 Å². The average molecular weight is 372 g/mol. The summed E-state index contributed by atoms with van der Waals surface area (Å²) >= 11 is 0. The predicted octanol–water partition coefficient (Wildman–Crippen LogP) is 1.02. The summed E-state index contributed by atoms with van der Waals surface area (Å²) in [6, 6.07) is 3.92. The number of methoxy groups -OCH3 is 1. The number of nitrogens with one attached hydrogen (secondary N) is 1. The molecule has 1 rings (SSSR count). The number of sulfonamides is 1. The van der Waals surface area contributed by atoms with Crippen LogP contribution in [0.25, 0.3) is 0 Å². The van der Waals surface area contributed by atoms with Gasteiger partial charge in [0, 0.05) is 20.6 Å². The van der Waals surface area contributed by atoms with E-state index in [9.17, 15) is 18.0 Å². The van der Waals surface area contributed by atoms with Gasteiger partial charge in [-0.25, -0.2) is 17.5 Å². The Morgan fingerprint density at radius 2 is 1.92 bits per heavy atom. The Morgan fingerprint density at radius 3 is 2.48 bits per heavy atom.